The zero-order chi connectivity index (χ0) is 10.2. The van der Waals surface area contributed by atoms with Crippen molar-refractivity contribution in [2.45, 2.75) is 25.7 Å². The van der Waals surface area contributed by atoms with Crippen LogP contribution in [0, 0.1) is 0 Å². The van der Waals surface area contributed by atoms with E-state index >= 15 is 0 Å². The molecule has 2 aliphatic rings. The maximum absolute atomic E-state index is 2.39. The van der Waals surface area contributed by atoms with Crippen molar-refractivity contribution in [3.8, 4) is 0 Å². The number of likely N-dealkylation sites (N-methyl/N-ethyl adjacent to an activating group) is 1. The van der Waals surface area contributed by atoms with Crippen molar-refractivity contribution in [1.29, 1.82) is 0 Å². The molecule has 2 rings (SSSR count). The van der Waals surface area contributed by atoms with Gasteiger partial charge in [0.25, 0.3) is 0 Å². The number of hydrogen-bond acceptors (Lipinski definition) is 2. The predicted molar refractivity (Wildman–Crippen MR) is 62.6 cm³/mol. The highest BCUT2D eigenvalue weighted by Crippen LogP contribution is 2.04. The fraction of sp³-hybridized carbons (Fsp3) is 0.833. The van der Waals surface area contributed by atoms with Crippen LogP contribution in [0.4, 0.5) is 0 Å². The normalized spacial score (nSPS) is 24.1. The van der Waals surface area contributed by atoms with Crippen LogP contribution in [0.25, 0.3) is 0 Å². The van der Waals surface area contributed by atoms with Crippen molar-refractivity contribution in [3.63, 3.8) is 0 Å². The monoisotopic (exact) mass is 196 g/mol. The molecule has 14 heavy (non-hydrogen) atoms. The fourth-order valence-corrected chi connectivity index (χ4v) is 1.81. The molecule has 0 aromatic carbocycles. The van der Waals surface area contributed by atoms with E-state index in [-0.39, 0.29) is 0 Å². The van der Waals surface area contributed by atoms with Gasteiger partial charge in [-0.1, -0.05) is 18.6 Å². The van der Waals surface area contributed by atoms with E-state index < -0.39 is 0 Å². The molecule has 82 valence electrons. The lowest BCUT2D eigenvalue weighted by Gasteiger charge is -2.20. The maximum atomic E-state index is 2.39. The zero-order valence-electron chi connectivity index (χ0n) is 9.71. The minimum absolute atomic E-state index is 1.14. The van der Waals surface area contributed by atoms with E-state index in [0.717, 1.165) is 6.54 Å². The topological polar surface area (TPSA) is 6.48 Å². The summed E-state index contributed by atoms with van der Waals surface area (Å²) in [6.07, 6.45) is 9.96. The van der Waals surface area contributed by atoms with Crippen LogP contribution in [0.1, 0.15) is 25.7 Å². The smallest absolute Gasteiger partial charge is 0.0160 e. The molecule has 2 aliphatic heterocycles. The van der Waals surface area contributed by atoms with Gasteiger partial charge in [-0.05, 0) is 46.4 Å². The van der Waals surface area contributed by atoms with Crippen molar-refractivity contribution < 1.29 is 0 Å². The highest BCUT2D eigenvalue weighted by Gasteiger charge is 2.02. The minimum atomic E-state index is 1.14. The van der Waals surface area contributed by atoms with Crippen LogP contribution < -0.4 is 0 Å². The number of hydrogen-bond donors (Lipinski definition) is 0. The van der Waals surface area contributed by atoms with Crippen LogP contribution in [-0.2, 0) is 0 Å². The summed E-state index contributed by atoms with van der Waals surface area (Å²) < 4.78 is 0. The average molecular weight is 196 g/mol. The lowest BCUT2D eigenvalue weighted by molar-refractivity contribution is 0.277. The van der Waals surface area contributed by atoms with Crippen LogP contribution in [-0.4, -0.2) is 50.1 Å². The molecule has 2 heteroatoms. The summed E-state index contributed by atoms with van der Waals surface area (Å²) in [4.78, 5) is 4.70. The standard InChI is InChI=1S/C6H13N.C6H11N/c2*1-7-5-3-2-4-6-7/h2-6H2,1H3;2-3H,4-6H2,1H3. The summed E-state index contributed by atoms with van der Waals surface area (Å²) in [5, 5.41) is 0. The Hall–Kier alpha value is -0.340. The van der Waals surface area contributed by atoms with Gasteiger partial charge < -0.3 is 9.80 Å². The average Bonchev–Trinajstić information content (AvgIpc) is 2.21. The van der Waals surface area contributed by atoms with Crippen LogP contribution >= 0.6 is 0 Å². The van der Waals surface area contributed by atoms with Crippen molar-refractivity contribution in [2.75, 3.05) is 40.3 Å². The van der Waals surface area contributed by atoms with Crippen LogP contribution in [0.3, 0.4) is 0 Å². The summed E-state index contributed by atoms with van der Waals surface area (Å²) in [6, 6.07) is 0. The molecule has 0 unspecified atom stereocenters. The van der Waals surface area contributed by atoms with E-state index in [4.69, 9.17) is 0 Å². The van der Waals surface area contributed by atoms with Gasteiger partial charge >= 0.3 is 0 Å². The molecule has 0 aromatic heterocycles. The van der Waals surface area contributed by atoms with Crippen LogP contribution in [0.2, 0.25) is 0 Å². The third-order valence-electron chi connectivity index (χ3n) is 2.84. The molecular formula is C12H24N2. The van der Waals surface area contributed by atoms with Crippen LogP contribution in [0.15, 0.2) is 12.2 Å². The first-order valence-electron chi connectivity index (χ1n) is 5.81. The Morgan fingerprint density at radius 3 is 1.79 bits per heavy atom. The van der Waals surface area contributed by atoms with Gasteiger partial charge in [0.05, 0.1) is 0 Å². The molecule has 0 N–H and O–H groups in total. The van der Waals surface area contributed by atoms with Crippen molar-refractivity contribution in [3.05, 3.63) is 12.2 Å². The summed E-state index contributed by atoms with van der Waals surface area (Å²) >= 11 is 0. The second-order valence-electron chi connectivity index (χ2n) is 4.39. The number of piperidine rings is 1. The van der Waals surface area contributed by atoms with E-state index in [2.05, 4.69) is 36.0 Å². The van der Waals surface area contributed by atoms with E-state index in [0.29, 0.717) is 0 Å². The molecule has 1 fully saturated rings. The second kappa shape index (κ2) is 7.02. The lowest BCUT2D eigenvalue weighted by atomic mass is 10.1. The third kappa shape index (κ3) is 5.40. The number of rotatable bonds is 0. The number of likely N-dealkylation sites (tertiary alicyclic amines) is 1. The molecule has 0 aliphatic carbocycles. The first-order valence-corrected chi connectivity index (χ1v) is 5.81. The van der Waals surface area contributed by atoms with Gasteiger partial charge in [-0.25, -0.2) is 0 Å². The molecule has 2 heterocycles. The SMILES string of the molecule is CN1CC=CCC1.CN1CCCCC1. The molecular weight excluding hydrogens is 172 g/mol. The molecule has 2 nitrogen and oxygen atoms in total. The van der Waals surface area contributed by atoms with E-state index in [1.807, 2.05) is 0 Å². The molecule has 0 saturated carbocycles. The van der Waals surface area contributed by atoms with Gasteiger partial charge in [0.1, 0.15) is 0 Å². The van der Waals surface area contributed by atoms with E-state index in [9.17, 15) is 0 Å². The Morgan fingerprint density at radius 1 is 0.786 bits per heavy atom. The summed E-state index contributed by atoms with van der Waals surface area (Å²) in [6.45, 7) is 5.01. The van der Waals surface area contributed by atoms with E-state index in [1.165, 1.54) is 45.3 Å². The Labute approximate surface area is 88.6 Å². The Bertz CT molecular complexity index is 160. The lowest BCUT2D eigenvalue weighted by Crippen LogP contribution is -2.24. The molecule has 1 saturated heterocycles. The summed E-state index contributed by atoms with van der Waals surface area (Å²) in [5.74, 6) is 0. The van der Waals surface area contributed by atoms with Gasteiger partial charge in [-0.15, -0.1) is 0 Å². The van der Waals surface area contributed by atoms with E-state index in [1.54, 1.807) is 0 Å². The fourth-order valence-electron chi connectivity index (χ4n) is 1.81. The summed E-state index contributed by atoms with van der Waals surface area (Å²) in [7, 11) is 4.34. The van der Waals surface area contributed by atoms with Crippen molar-refractivity contribution in [1.82, 2.24) is 9.80 Å². The summed E-state index contributed by atoms with van der Waals surface area (Å²) in [5.41, 5.74) is 0. The zero-order valence-corrected chi connectivity index (χ0v) is 9.71. The predicted octanol–water partition coefficient (Wildman–Crippen LogP) is 1.98. The first kappa shape index (κ1) is 11.7. The molecule has 0 bridgehead atoms. The molecule has 0 radical (unpaired) electrons. The molecule has 0 spiro atoms. The largest absolute Gasteiger partial charge is 0.306 e. The van der Waals surface area contributed by atoms with Gasteiger partial charge in [0, 0.05) is 13.1 Å². The highest BCUT2D eigenvalue weighted by molar-refractivity contribution is 4.89. The molecule has 0 atom stereocenters. The van der Waals surface area contributed by atoms with Crippen molar-refractivity contribution >= 4 is 0 Å². The third-order valence-corrected chi connectivity index (χ3v) is 2.84. The van der Waals surface area contributed by atoms with Crippen molar-refractivity contribution in [2.24, 2.45) is 0 Å². The first-order chi connectivity index (χ1) is 6.79. The second-order valence-corrected chi connectivity index (χ2v) is 4.39. The van der Waals surface area contributed by atoms with Gasteiger partial charge in [-0.3, -0.25) is 0 Å². The molecule has 0 aromatic rings. The van der Waals surface area contributed by atoms with Gasteiger partial charge in [0.2, 0.25) is 0 Å². The Balaban J connectivity index is 0.000000140. The van der Waals surface area contributed by atoms with Gasteiger partial charge in [0.15, 0.2) is 0 Å². The number of nitrogens with zero attached hydrogens (tertiary/aromatic N) is 2. The Kier molecular flexibility index (Phi) is 5.88. The Morgan fingerprint density at radius 2 is 1.50 bits per heavy atom. The minimum Gasteiger partial charge on any atom is -0.306 e. The highest BCUT2D eigenvalue weighted by atomic mass is 15.1. The molecule has 0 amide bonds. The van der Waals surface area contributed by atoms with Gasteiger partial charge in [-0.2, -0.15) is 0 Å². The quantitative estimate of drug-likeness (QED) is 0.547. The van der Waals surface area contributed by atoms with Crippen LogP contribution in [0.5, 0.6) is 0 Å². The maximum Gasteiger partial charge on any atom is 0.0160 e.